The second-order valence-electron chi connectivity index (χ2n) is 19.3. The van der Waals surface area contributed by atoms with Gasteiger partial charge in [0.2, 0.25) is 0 Å². The Morgan fingerprint density at radius 2 is 0.794 bits per heavy atom. The van der Waals surface area contributed by atoms with Crippen LogP contribution in [0.1, 0.15) is 271 Å². The van der Waals surface area contributed by atoms with Gasteiger partial charge in [0.25, 0.3) is 0 Å². The summed E-state index contributed by atoms with van der Waals surface area (Å²) in [4.78, 5) is 22.8. The van der Waals surface area contributed by atoms with Gasteiger partial charge in [-0.05, 0) is 77.0 Å². The third-order valence-electron chi connectivity index (χ3n) is 12.5. The van der Waals surface area contributed by atoms with Gasteiger partial charge in [-0.1, -0.05) is 236 Å². The number of esters is 1. The number of phosphoric acid groups is 1. The summed E-state index contributed by atoms with van der Waals surface area (Å²) < 4.78 is 33.6. The number of phosphoric ester groups is 1. The van der Waals surface area contributed by atoms with E-state index in [4.69, 9.17) is 23.6 Å². The Morgan fingerprint density at radius 1 is 0.456 bits per heavy atom. The van der Waals surface area contributed by atoms with E-state index in [9.17, 15) is 19.4 Å². The van der Waals surface area contributed by atoms with Crippen molar-refractivity contribution in [2.75, 3.05) is 33.0 Å². The summed E-state index contributed by atoms with van der Waals surface area (Å²) >= 11 is 0. The van der Waals surface area contributed by atoms with Crippen LogP contribution < -0.4 is 0 Å². The smallest absolute Gasteiger partial charge is 0.457 e. The van der Waals surface area contributed by atoms with Gasteiger partial charge >= 0.3 is 13.8 Å². The van der Waals surface area contributed by atoms with E-state index in [-0.39, 0.29) is 25.6 Å². The number of carbonyl (C=O) groups is 1. The number of rotatable bonds is 55. The molecule has 0 aliphatic heterocycles. The maximum absolute atomic E-state index is 12.7. The summed E-state index contributed by atoms with van der Waals surface area (Å²) in [5.41, 5.74) is 0. The fourth-order valence-electron chi connectivity index (χ4n) is 8.12. The average molecular weight is 981 g/mol. The van der Waals surface area contributed by atoms with E-state index < -0.39 is 33.2 Å². The van der Waals surface area contributed by atoms with Crippen molar-refractivity contribution < 1.29 is 43.0 Å². The number of hydrogen-bond acceptors (Lipinski definition) is 8. The summed E-state index contributed by atoms with van der Waals surface area (Å²) in [6, 6.07) is 0. The van der Waals surface area contributed by atoms with Crippen molar-refractivity contribution in [3.8, 4) is 0 Å². The fourth-order valence-corrected chi connectivity index (χ4v) is 8.91. The molecule has 0 aromatic heterocycles. The molecule has 0 heterocycles. The lowest BCUT2D eigenvalue weighted by atomic mass is 10.0. The van der Waals surface area contributed by atoms with Crippen LogP contribution in [-0.2, 0) is 27.9 Å². The largest absolute Gasteiger partial charge is 0.472 e. The van der Waals surface area contributed by atoms with E-state index in [1.807, 2.05) is 0 Å². The van der Waals surface area contributed by atoms with Crippen molar-refractivity contribution in [1.82, 2.24) is 0 Å². The quantitative estimate of drug-likeness (QED) is 0.0236. The molecule has 0 fully saturated rings. The molecule has 0 aromatic carbocycles. The van der Waals surface area contributed by atoms with E-state index in [0.717, 1.165) is 51.4 Å². The number of ether oxygens (including phenoxy) is 2. The van der Waals surface area contributed by atoms with Crippen molar-refractivity contribution in [2.24, 2.45) is 0 Å². The molecule has 0 rings (SSSR count). The zero-order valence-corrected chi connectivity index (χ0v) is 45.2. The summed E-state index contributed by atoms with van der Waals surface area (Å²) in [6.45, 7) is 3.54. The predicted octanol–water partition coefficient (Wildman–Crippen LogP) is 17.3. The molecule has 0 aromatic rings. The molecule has 68 heavy (non-hydrogen) atoms. The Hall–Kier alpha value is -1.58. The van der Waals surface area contributed by atoms with Crippen LogP contribution in [0.3, 0.4) is 0 Å². The minimum atomic E-state index is -4.53. The molecule has 3 N–H and O–H groups in total. The Bertz CT molecular complexity index is 1200. The van der Waals surface area contributed by atoms with Gasteiger partial charge in [-0.3, -0.25) is 13.8 Å². The normalized spacial score (nSPS) is 14.0. The molecule has 0 spiro atoms. The number of hydrogen-bond donors (Lipinski definition) is 3. The molecular weight excluding hydrogens is 872 g/mol. The molecule has 9 nitrogen and oxygen atoms in total. The van der Waals surface area contributed by atoms with Crippen molar-refractivity contribution in [2.45, 2.75) is 283 Å². The molecular formula is C58H109O9P. The van der Waals surface area contributed by atoms with Crippen LogP contribution in [0.15, 0.2) is 48.6 Å². The number of carbonyl (C=O) groups excluding carboxylic acids is 1. The first-order valence-electron chi connectivity index (χ1n) is 28.6. The van der Waals surface area contributed by atoms with Crippen LogP contribution in [0.2, 0.25) is 0 Å². The second-order valence-corrected chi connectivity index (χ2v) is 20.8. The second kappa shape index (κ2) is 54.7. The first kappa shape index (κ1) is 66.4. The van der Waals surface area contributed by atoms with Crippen LogP contribution in [0, 0.1) is 0 Å². The van der Waals surface area contributed by atoms with Crippen molar-refractivity contribution >= 4 is 13.8 Å². The van der Waals surface area contributed by atoms with Gasteiger partial charge < -0.3 is 24.6 Å². The van der Waals surface area contributed by atoms with Crippen molar-refractivity contribution in [1.29, 1.82) is 0 Å². The molecule has 3 atom stereocenters. The van der Waals surface area contributed by atoms with Gasteiger partial charge in [0, 0.05) is 13.0 Å². The van der Waals surface area contributed by atoms with Gasteiger partial charge in [-0.25, -0.2) is 4.57 Å². The lowest BCUT2D eigenvalue weighted by Crippen LogP contribution is -2.29. The Kier molecular flexibility index (Phi) is 53.5. The minimum absolute atomic E-state index is 0.0485. The Balaban J connectivity index is 4.01. The minimum Gasteiger partial charge on any atom is -0.457 e. The number of aliphatic hydroxyl groups excluding tert-OH is 2. The van der Waals surface area contributed by atoms with Gasteiger partial charge in [-0.2, -0.15) is 0 Å². The molecule has 10 heteroatoms. The molecule has 0 amide bonds. The first-order chi connectivity index (χ1) is 33.3. The third kappa shape index (κ3) is 53.8. The van der Waals surface area contributed by atoms with Crippen molar-refractivity contribution in [3.05, 3.63) is 48.6 Å². The molecule has 0 saturated carbocycles. The molecule has 0 radical (unpaired) electrons. The fraction of sp³-hybridized carbons (Fsp3) is 0.845. The van der Waals surface area contributed by atoms with E-state index in [0.29, 0.717) is 6.61 Å². The van der Waals surface area contributed by atoms with Gasteiger partial charge in [0.15, 0.2) is 0 Å². The number of unbranched alkanes of at least 4 members (excludes halogenated alkanes) is 33. The SMILES string of the molecule is CCCCCCC/C=C\C/C=C\CCCCCCCCCCCCCCOCC(COP(=O)(O)OCC(O)CO)OC(=O)CCCCCCCCCCCCC/C=C\C/C=C\CCCCCCC. The van der Waals surface area contributed by atoms with E-state index in [1.54, 1.807) is 0 Å². The summed E-state index contributed by atoms with van der Waals surface area (Å²) in [7, 11) is -4.53. The lowest BCUT2D eigenvalue weighted by molar-refractivity contribution is -0.154. The topological polar surface area (TPSA) is 132 Å². The highest BCUT2D eigenvalue weighted by atomic mass is 31.2. The standard InChI is InChI=1S/C58H109O9P/c1-3-5-7-9-11-13-15-17-19-21-23-25-27-29-31-33-35-37-39-41-43-45-47-49-51-64-54-57(55-66-68(62,63)65-53-56(60)52-59)67-58(61)50-48-46-44-42-40-38-36-34-32-30-28-26-24-22-20-18-16-14-12-10-8-6-4-2/h15-18,21-24,56-57,59-60H,3-14,19-20,25-55H2,1-2H3,(H,62,63)/b17-15-,18-16-,23-21-,24-22-. The molecule has 0 aliphatic rings. The van der Waals surface area contributed by atoms with E-state index in [1.165, 1.54) is 199 Å². The maximum atomic E-state index is 12.7. The van der Waals surface area contributed by atoms with Crippen LogP contribution in [0.25, 0.3) is 0 Å². The molecule has 0 saturated heterocycles. The number of aliphatic hydroxyl groups is 2. The van der Waals surface area contributed by atoms with Gasteiger partial charge in [-0.15, -0.1) is 0 Å². The molecule has 0 aliphatic carbocycles. The van der Waals surface area contributed by atoms with Crippen LogP contribution in [0.4, 0.5) is 0 Å². The number of allylic oxidation sites excluding steroid dienone is 8. The van der Waals surface area contributed by atoms with Gasteiger partial charge in [0.05, 0.1) is 26.4 Å². The van der Waals surface area contributed by atoms with E-state index in [2.05, 4.69) is 62.5 Å². The summed E-state index contributed by atoms with van der Waals surface area (Å²) in [5, 5.41) is 18.5. The average Bonchev–Trinajstić information content (AvgIpc) is 3.33. The zero-order valence-electron chi connectivity index (χ0n) is 44.3. The predicted molar refractivity (Wildman–Crippen MR) is 288 cm³/mol. The van der Waals surface area contributed by atoms with E-state index >= 15 is 0 Å². The molecule has 400 valence electrons. The zero-order chi connectivity index (χ0) is 49.5. The van der Waals surface area contributed by atoms with Gasteiger partial charge in [0.1, 0.15) is 12.2 Å². The highest BCUT2D eigenvalue weighted by Gasteiger charge is 2.26. The molecule has 3 unspecified atom stereocenters. The van der Waals surface area contributed by atoms with Crippen LogP contribution >= 0.6 is 7.82 Å². The molecule has 0 bridgehead atoms. The Morgan fingerprint density at radius 3 is 1.18 bits per heavy atom. The lowest BCUT2D eigenvalue weighted by Gasteiger charge is -2.20. The monoisotopic (exact) mass is 981 g/mol. The summed E-state index contributed by atoms with van der Waals surface area (Å²) in [5.74, 6) is -0.382. The summed E-state index contributed by atoms with van der Waals surface area (Å²) in [6.07, 6.45) is 65.1. The first-order valence-corrected chi connectivity index (χ1v) is 30.1. The maximum Gasteiger partial charge on any atom is 0.472 e. The van der Waals surface area contributed by atoms with Crippen molar-refractivity contribution in [3.63, 3.8) is 0 Å². The Labute approximate surface area is 419 Å². The van der Waals surface area contributed by atoms with Crippen LogP contribution in [0.5, 0.6) is 0 Å². The third-order valence-corrected chi connectivity index (χ3v) is 13.4. The highest BCUT2D eigenvalue weighted by molar-refractivity contribution is 7.47. The van der Waals surface area contributed by atoms with Crippen LogP contribution in [-0.4, -0.2) is 66.3 Å². The highest BCUT2D eigenvalue weighted by Crippen LogP contribution is 2.43.